The average molecular weight is 357 g/mol. The van der Waals surface area contributed by atoms with Crippen LogP contribution in [0.3, 0.4) is 0 Å². The summed E-state index contributed by atoms with van der Waals surface area (Å²) in [5.74, 6) is 1.41. The Balaban J connectivity index is 2.17. The molecule has 0 radical (unpaired) electrons. The van der Waals surface area contributed by atoms with Crippen LogP contribution in [0.2, 0.25) is 5.02 Å². The number of ether oxygens (including phenoxy) is 2. The predicted octanol–water partition coefficient (Wildman–Crippen LogP) is 4.15. The Labute approximate surface area is 131 Å². The Bertz CT molecular complexity index is 604. The van der Waals surface area contributed by atoms with Crippen LogP contribution in [0, 0.1) is 0 Å². The number of hydrogen-bond acceptors (Lipinski definition) is 3. The van der Waals surface area contributed by atoms with Crippen LogP contribution in [-0.2, 0) is 13.2 Å². The van der Waals surface area contributed by atoms with Crippen molar-refractivity contribution in [3.05, 3.63) is 57.0 Å². The molecule has 0 saturated carbocycles. The van der Waals surface area contributed by atoms with Crippen molar-refractivity contribution < 1.29 is 9.47 Å². The molecule has 2 N–H and O–H groups in total. The molecule has 0 fully saturated rings. The van der Waals surface area contributed by atoms with Crippen molar-refractivity contribution in [2.24, 2.45) is 5.73 Å². The van der Waals surface area contributed by atoms with E-state index in [0.29, 0.717) is 23.9 Å². The maximum atomic E-state index is 6.12. The minimum absolute atomic E-state index is 0.373. The Kier molecular flexibility index (Phi) is 5.29. The molecule has 0 heterocycles. The molecule has 0 spiro atoms. The van der Waals surface area contributed by atoms with Crippen molar-refractivity contribution in [1.29, 1.82) is 0 Å². The first-order chi connectivity index (χ1) is 9.63. The van der Waals surface area contributed by atoms with Gasteiger partial charge in [-0.05, 0) is 35.9 Å². The molecule has 2 rings (SSSR count). The summed E-state index contributed by atoms with van der Waals surface area (Å²) >= 11 is 9.48. The van der Waals surface area contributed by atoms with Gasteiger partial charge in [0.1, 0.15) is 18.1 Å². The standard InChI is InChI=1S/C15H15BrClNO2/c1-19-14-4-2-10(8-18)6-11(14)9-20-15-5-3-12(16)7-13(15)17/h2-7H,8-9,18H2,1H3. The first-order valence-corrected chi connectivity index (χ1v) is 7.25. The van der Waals surface area contributed by atoms with Crippen molar-refractivity contribution in [3.63, 3.8) is 0 Å². The highest BCUT2D eigenvalue weighted by atomic mass is 79.9. The molecule has 2 aromatic rings. The lowest BCUT2D eigenvalue weighted by Crippen LogP contribution is -2.02. The Morgan fingerprint density at radius 2 is 1.90 bits per heavy atom. The molecule has 0 amide bonds. The van der Waals surface area contributed by atoms with Gasteiger partial charge in [-0.2, -0.15) is 0 Å². The number of halogens is 2. The Morgan fingerprint density at radius 3 is 2.55 bits per heavy atom. The van der Waals surface area contributed by atoms with Gasteiger partial charge in [0.25, 0.3) is 0 Å². The van der Waals surface area contributed by atoms with Crippen LogP contribution in [0.5, 0.6) is 11.5 Å². The van der Waals surface area contributed by atoms with E-state index >= 15 is 0 Å². The quantitative estimate of drug-likeness (QED) is 0.875. The number of nitrogens with two attached hydrogens (primary N) is 1. The van der Waals surface area contributed by atoms with E-state index in [9.17, 15) is 0 Å². The van der Waals surface area contributed by atoms with Gasteiger partial charge in [0.15, 0.2) is 0 Å². The van der Waals surface area contributed by atoms with E-state index in [0.717, 1.165) is 21.3 Å². The number of hydrogen-bond donors (Lipinski definition) is 1. The van der Waals surface area contributed by atoms with Crippen LogP contribution >= 0.6 is 27.5 Å². The highest BCUT2D eigenvalue weighted by molar-refractivity contribution is 9.10. The summed E-state index contributed by atoms with van der Waals surface area (Å²) in [7, 11) is 1.63. The van der Waals surface area contributed by atoms with Gasteiger partial charge in [-0.3, -0.25) is 0 Å². The van der Waals surface area contributed by atoms with Gasteiger partial charge in [0, 0.05) is 16.6 Å². The second-order valence-electron chi connectivity index (χ2n) is 4.21. The summed E-state index contributed by atoms with van der Waals surface area (Å²) in [6, 6.07) is 11.3. The molecular weight excluding hydrogens is 342 g/mol. The summed E-state index contributed by atoms with van der Waals surface area (Å²) in [6.45, 7) is 0.856. The molecule has 0 aromatic heterocycles. The van der Waals surface area contributed by atoms with Crippen LogP contribution in [0.1, 0.15) is 11.1 Å². The summed E-state index contributed by atoms with van der Waals surface area (Å²) in [6.07, 6.45) is 0. The van der Waals surface area contributed by atoms with E-state index in [1.165, 1.54) is 0 Å². The normalized spacial score (nSPS) is 10.4. The fourth-order valence-corrected chi connectivity index (χ4v) is 2.55. The fourth-order valence-electron chi connectivity index (χ4n) is 1.82. The summed E-state index contributed by atoms with van der Waals surface area (Å²) in [4.78, 5) is 0. The lowest BCUT2D eigenvalue weighted by molar-refractivity contribution is 0.296. The van der Waals surface area contributed by atoms with Gasteiger partial charge < -0.3 is 15.2 Å². The molecule has 20 heavy (non-hydrogen) atoms. The van der Waals surface area contributed by atoms with Gasteiger partial charge in [-0.15, -0.1) is 0 Å². The molecule has 5 heteroatoms. The molecular formula is C15H15BrClNO2. The molecule has 0 aliphatic carbocycles. The minimum Gasteiger partial charge on any atom is -0.496 e. The highest BCUT2D eigenvalue weighted by Crippen LogP contribution is 2.29. The largest absolute Gasteiger partial charge is 0.496 e. The zero-order valence-electron chi connectivity index (χ0n) is 11.0. The topological polar surface area (TPSA) is 44.5 Å². The molecule has 106 valence electrons. The van der Waals surface area contributed by atoms with E-state index in [2.05, 4.69) is 15.9 Å². The SMILES string of the molecule is COc1ccc(CN)cc1COc1ccc(Br)cc1Cl. The second kappa shape index (κ2) is 6.97. The van der Waals surface area contributed by atoms with Crippen LogP contribution in [-0.4, -0.2) is 7.11 Å². The number of rotatable bonds is 5. The molecule has 0 atom stereocenters. The van der Waals surface area contributed by atoms with Crippen molar-refractivity contribution >= 4 is 27.5 Å². The Morgan fingerprint density at radius 1 is 1.15 bits per heavy atom. The summed E-state index contributed by atoms with van der Waals surface area (Å²) in [5.41, 5.74) is 7.62. The minimum atomic E-state index is 0.373. The highest BCUT2D eigenvalue weighted by Gasteiger charge is 2.07. The van der Waals surface area contributed by atoms with Crippen molar-refractivity contribution in [3.8, 4) is 11.5 Å². The first kappa shape index (κ1) is 15.2. The smallest absolute Gasteiger partial charge is 0.138 e. The van der Waals surface area contributed by atoms with Gasteiger partial charge in [0.05, 0.1) is 12.1 Å². The Hall–Kier alpha value is -1.23. The van der Waals surface area contributed by atoms with Gasteiger partial charge in [-0.25, -0.2) is 0 Å². The lowest BCUT2D eigenvalue weighted by Gasteiger charge is -2.12. The molecule has 0 aliphatic rings. The van der Waals surface area contributed by atoms with E-state index in [1.807, 2.05) is 30.3 Å². The maximum absolute atomic E-state index is 6.12. The second-order valence-corrected chi connectivity index (χ2v) is 5.54. The molecule has 3 nitrogen and oxygen atoms in total. The molecule has 0 aliphatic heterocycles. The molecule has 2 aromatic carbocycles. The fraction of sp³-hybridized carbons (Fsp3) is 0.200. The third-order valence-electron chi connectivity index (χ3n) is 2.86. The van der Waals surface area contributed by atoms with Crippen LogP contribution in [0.4, 0.5) is 0 Å². The van der Waals surface area contributed by atoms with E-state index in [4.69, 9.17) is 26.8 Å². The maximum Gasteiger partial charge on any atom is 0.138 e. The van der Waals surface area contributed by atoms with Gasteiger partial charge in [-0.1, -0.05) is 33.6 Å². The summed E-state index contributed by atoms with van der Waals surface area (Å²) < 4.78 is 12.0. The van der Waals surface area contributed by atoms with Gasteiger partial charge in [0.2, 0.25) is 0 Å². The van der Waals surface area contributed by atoms with Crippen molar-refractivity contribution in [1.82, 2.24) is 0 Å². The van der Waals surface area contributed by atoms with Crippen molar-refractivity contribution in [2.75, 3.05) is 7.11 Å². The zero-order valence-corrected chi connectivity index (χ0v) is 13.4. The zero-order chi connectivity index (χ0) is 14.5. The van der Waals surface area contributed by atoms with Crippen LogP contribution in [0.25, 0.3) is 0 Å². The number of benzene rings is 2. The van der Waals surface area contributed by atoms with Gasteiger partial charge >= 0.3 is 0 Å². The third kappa shape index (κ3) is 3.66. The summed E-state index contributed by atoms with van der Waals surface area (Å²) in [5, 5.41) is 0.563. The monoisotopic (exact) mass is 355 g/mol. The average Bonchev–Trinajstić information content (AvgIpc) is 2.46. The van der Waals surface area contributed by atoms with Crippen LogP contribution in [0.15, 0.2) is 40.9 Å². The first-order valence-electron chi connectivity index (χ1n) is 6.07. The van der Waals surface area contributed by atoms with Crippen LogP contribution < -0.4 is 15.2 Å². The molecule has 0 unspecified atom stereocenters. The number of methoxy groups -OCH3 is 1. The lowest BCUT2D eigenvalue weighted by atomic mass is 10.1. The predicted molar refractivity (Wildman–Crippen MR) is 84.4 cm³/mol. The molecule has 0 saturated heterocycles. The van der Waals surface area contributed by atoms with E-state index in [-0.39, 0.29) is 0 Å². The molecule has 0 bridgehead atoms. The van der Waals surface area contributed by atoms with Crippen molar-refractivity contribution in [2.45, 2.75) is 13.2 Å². The third-order valence-corrected chi connectivity index (χ3v) is 3.65. The van der Waals surface area contributed by atoms with E-state index < -0.39 is 0 Å². The van der Waals surface area contributed by atoms with E-state index in [1.54, 1.807) is 13.2 Å².